The van der Waals surface area contributed by atoms with Crippen LogP contribution in [0.1, 0.15) is 38.4 Å². The highest BCUT2D eigenvalue weighted by molar-refractivity contribution is 5.40. The third-order valence-corrected chi connectivity index (χ3v) is 2.68. The van der Waals surface area contributed by atoms with Crippen molar-refractivity contribution in [3.05, 3.63) is 23.4 Å². The van der Waals surface area contributed by atoms with E-state index in [2.05, 4.69) is 50.1 Å². The van der Waals surface area contributed by atoms with Gasteiger partial charge in [-0.1, -0.05) is 20.8 Å². The minimum atomic E-state index is 0.513. The maximum atomic E-state index is 4.49. The molecule has 1 unspecified atom stereocenters. The molecule has 0 spiro atoms. The molecule has 1 aromatic heterocycles. The van der Waals surface area contributed by atoms with Gasteiger partial charge in [0.25, 0.3) is 0 Å². The van der Waals surface area contributed by atoms with E-state index in [1.807, 2.05) is 6.92 Å². The second-order valence-corrected chi connectivity index (χ2v) is 4.57. The molecule has 0 aliphatic rings. The zero-order valence-corrected chi connectivity index (χ0v) is 10.5. The lowest BCUT2D eigenvalue weighted by molar-refractivity contribution is 0.509. The lowest BCUT2D eigenvalue weighted by Gasteiger charge is -2.21. The van der Waals surface area contributed by atoms with Crippen LogP contribution in [0.4, 0.5) is 5.82 Å². The molecule has 0 amide bonds. The Bertz CT molecular complexity index is 298. The highest BCUT2D eigenvalue weighted by atomic mass is 15.0. The maximum absolute atomic E-state index is 4.49. The molecular formula is C13H22N2. The monoisotopic (exact) mass is 206 g/mol. The van der Waals surface area contributed by atoms with Crippen LogP contribution in [-0.2, 0) is 0 Å². The fraction of sp³-hybridized carbons (Fsp3) is 0.615. The molecule has 0 saturated heterocycles. The Labute approximate surface area is 93.1 Å². The van der Waals surface area contributed by atoms with Gasteiger partial charge in [0.1, 0.15) is 5.82 Å². The van der Waals surface area contributed by atoms with Gasteiger partial charge in [-0.25, -0.2) is 4.98 Å². The average Bonchev–Trinajstić information content (AvgIpc) is 2.12. The van der Waals surface area contributed by atoms with E-state index in [4.69, 9.17) is 0 Å². The molecule has 1 aromatic rings. The summed E-state index contributed by atoms with van der Waals surface area (Å²) in [5.41, 5.74) is 2.35. The van der Waals surface area contributed by atoms with E-state index in [0.29, 0.717) is 12.0 Å². The number of hydrogen-bond acceptors (Lipinski definition) is 2. The van der Waals surface area contributed by atoms with Gasteiger partial charge in [0.2, 0.25) is 0 Å². The Kier molecular flexibility index (Phi) is 4.13. The summed E-state index contributed by atoms with van der Waals surface area (Å²) in [6.07, 6.45) is 1.13. The first-order valence-electron chi connectivity index (χ1n) is 5.74. The first kappa shape index (κ1) is 12.0. The Morgan fingerprint density at radius 3 is 2.40 bits per heavy atom. The number of rotatable bonds is 4. The normalized spacial score (nSPS) is 12.9. The van der Waals surface area contributed by atoms with Crippen LogP contribution in [0.2, 0.25) is 0 Å². The Hall–Kier alpha value is -1.05. The van der Waals surface area contributed by atoms with E-state index >= 15 is 0 Å². The third-order valence-electron chi connectivity index (χ3n) is 2.68. The molecule has 0 bridgehead atoms. The van der Waals surface area contributed by atoms with Gasteiger partial charge >= 0.3 is 0 Å². The second-order valence-electron chi connectivity index (χ2n) is 4.57. The number of aromatic nitrogens is 1. The third kappa shape index (κ3) is 3.54. The molecular weight excluding hydrogens is 184 g/mol. The zero-order valence-electron chi connectivity index (χ0n) is 10.5. The molecule has 1 N–H and O–H groups in total. The molecule has 84 valence electrons. The van der Waals surface area contributed by atoms with Crippen molar-refractivity contribution in [2.75, 3.05) is 5.32 Å². The van der Waals surface area contributed by atoms with Gasteiger partial charge < -0.3 is 5.32 Å². The molecule has 2 heteroatoms. The van der Waals surface area contributed by atoms with E-state index < -0.39 is 0 Å². The molecule has 0 aliphatic carbocycles. The molecule has 0 aliphatic heterocycles. The predicted octanol–water partition coefficient (Wildman–Crippen LogP) is 3.54. The first-order chi connectivity index (χ1) is 7.02. The zero-order chi connectivity index (χ0) is 11.4. The molecule has 0 radical (unpaired) electrons. The molecule has 1 heterocycles. The number of aryl methyl sites for hydroxylation is 2. The number of nitrogens with one attached hydrogen (secondary N) is 1. The summed E-state index contributed by atoms with van der Waals surface area (Å²) in [6.45, 7) is 10.8. The molecule has 1 rings (SSSR count). The van der Waals surface area contributed by atoms with Crippen LogP contribution in [0.15, 0.2) is 12.1 Å². The van der Waals surface area contributed by atoms with Crippen molar-refractivity contribution in [3.8, 4) is 0 Å². The number of anilines is 1. The van der Waals surface area contributed by atoms with Crippen molar-refractivity contribution < 1.29 is 0 Å². The minimum absolute atomic E-state index is 0.513. The molecule has 0 saturated carbocycles. The van der Waals surface area contributed by atoms with Crippen molar-refractivity contribution in [1.29, 1.82) is 0 Å². The summed E-state index contributed by atoms with van der Waals surface area (Å²) in [4.78, 5) is 4.49. The van der Waals surface area contributed by atoms with Gasteiger partial charge in [0.15, 0.2) is 0 Å². The van der Waals surface area contributed by atoms with Crippen LogP contribution in [0.5, 0.6) is 0 Å². The molecule has 0 fully saturated rings. The van der Waals surface area contributed by atoms with Crippen LogP contribution in [0.3, 0.4) is 0 Å². The molecule has 2 nitrogen and oxygen atoms in total. The summed E-state index contributed by atoms with van der Waals surface area (Å²) in [5, 5.41) is 3.50. The van der Waals surface area contributed by atoms with Crippen LogP contribution < -0.4 is 5.32 Å². The fourth-order valence-corrected chi connectivity index (χ4v) is 1.85. The number of nitrogens with zero attached hydrogens (tertiary/aromatic N) is 1. The highest BCUT2D eigenvalue weighted by Crippen LogP contribution is 2.15. The lowest BCUT2D eigenvalue weighted by atomic mass is 10.0. The van der Waals surface area contributed by atoms with Crippen molar-refractivity contribution in [2.24, 2.45) is 5.92 Å². The summed E-state index contributed by atoms with van der Waals surface area (Å²) in [7, 11) is 0. The minimum Gasteiger partial charge on any atom is -0.367 e. The second kappa shape index (κ2) is 5.15. The predicted molar refractivity (Wildman–Crippen MR) is 66.3 cm³/mol. The van der Waals surface area contributed by atoms with E-state index in [-0.39, 0.29) is 0 Å². The average molecular weight is 206 g/mol. The summed E-state index contributed by atoms with van der Waals surface area (Å²) in [5.74, 6) is 1.64. The Morgan fingerprint density at radius 2 is 1.93 bits per heavy atom. The number of pyridine rings is 1. The first-order valence-corrected chi connectivity index (χ1v) is 5.74. The van der Waals surface area contributed by atoms with Gasteiger partial charge in [-0.3, -0.25) is 0 Å². The topological polar surface area (TPSA) is 24.9 Å². The van der Waals surface area contributed by atoms with E-state index in [9.17, 15) is 0 Å². The quantitative estimate of drug-likeness (QED) is 0.815. The standard InChI is InChI=1S/C13H22N2/c1-6-12(9(2)3)15-13-8-10(4)7-11(5)14-13/h7-9,12H,6H2,1-5H3,(H,14,15). The number of hydrogen-bond donors (Lipinski definition) is 1. The van der Waals surface area contributed by atoms with Crippen LogP contribution in [0.25, 0.3) is 0 Å². The Balaban J connectivity index is 2.79. The Morgan fingerprint density at radius 1 is 1.27 bits per heavy atom. The molecule has 15 heavy (non-hydrogen) atoms. The van der Waals surface area contributed by atoms with Crippen LogP contribution >= 0.6 is 0 Å². The highest BCUT2D eigenvalue weighted by Gasteiger charge is 2.11. The van der Waals surface area contributed by atoms with E-state index in [1.54, 1.807) is 0 Å². The van der Waals surface area contributed by atoms with Gasteiger partial charge in [-0.15, -0.1) is 0 Å². The van der Waals surface area contributed by atoms with E-state index in [1.165, 1.54) is 5.56 Å². The van der Waals surface area contributed by atoms with Gasteiger partial charge in [-0.05, 0) is 43.9 Å². The van der Waals surface area contributed by atoms with Crippen LogP contribution in [-0.4, -0.2) is 11.0 Å². The fourth-order valence-electron chi connectivity index (χ4n) is 1.85. The lowest BCUT2D eigenvalue weighted by Crippen LogP contribution is -2.25. The van der Waals surface area contributed by atoms with Gasteiger partial charge in [0, 0.05) is 11.7 Å². The van der Waals surface area contributed by atoms with Crippen molar-refractivity contribution in [3.63, 3.8) is 0 Å². The summed E-state index contributed by atoms with van der Waals surface area (Å²) in [6, 6.07) is 4.72. The molecule has 0 aromatic carbocycles. The van der Waals surface area contributed by atoms with E-state index in [0.717, 1.165) is 17.9 Å². The largest absolute Gasteiger partial charge is 0.367 e. The summed E-state index contributed by atoms with van der Waals surface area (Å²) >= 11 is 0. The maximum Gasteiger partial charge on any atom is 0.126 e. The smallest absolute Gasteiger partial charge is 0.126 e. The van der Waals surface area contributed by atoms with Gasteiger partial charge in [-0.2, -0.15) is 0 Å². The van der Waals surface area contributed by atoms with Gasteiger partial charge in [0.05, 0.1) is 0 Å². The van der Waals surface area contributed by atoms with Crippen molar-refractivity contribution in [1.82, 2.24) is 4.98 Å². The van der Waals surface area contributed by atoms with Crippen LogP contribution in [0, 0.1) is 19.8 Å². The summed E-state index contributed by atoms with van der Waals surface area (Å²) < 4.78 is 0. The van der Waals surface area contributed by atoms with Crippen molar-refractivity contribution >= 4 is 5.82 Å². The van der Waals surface area contributed by atoms with Crippen molar-refractivity contribution in [2.45, 2.75) is 47.1 Å². The SMILES string of the molecule is CCC(Nc1cc(C)cc(C)n1)C(C)C. The molecule has 1 atom stereocenters.